The maximum atomic E-state index is 12.3. The first-order chi connectivity index (χ1) is 9.02. The van der Waals surface area contributed by atoms with E-state index >= 15 is 0 Å². The standard InChI is InChI=1S/C12H14BrN3O3/c13-9-1-2-10(11(5-9)16(18)19)12(17)15-4-3-8(6-14)7-15/h1-2,5,8H,3-4,6-7,14H2. The Morgan fingerprint density at radius 2 is 2.32 bits per heavy atom. The van der Waals surface area contributed by atoms with Gasteiger partial charge in [-0.15, -0.1) is 0 Å². The second-order valence-electron chi connectivity index (χ2n) is 4.56. The Morgan fingerprint density at radius 3 is 2.89 bits per heavy atom. The summed E-state index contributed by atoms with van der Waals surface area (Å²) in [6, 6.07) is 4.47. The molecule has 0 radical (unpaired) electrons. The van der Waals surface area contributed by atoms with Crippen LogP contribution in [0, 0.1) is 16.0 Å². The molecule has 1 amide bonds. The van der Waals surface area contributed by atoms with Crippen LogP contribution >= 0.6 is 15.9 Å². The summed E-state index contributed by atoms with van der Waals surface area (Å²) in [7, 11) is 0. The Labute approximate surface area is 118 Å². The van der Waals surface area contributed by atoms with Gasteiger partial charge in [0.15, 0.2) is 0 Å². The zero-order valence-corrected chi connectivity index (χ0v) is 11.8. The monoisotopic (exact) mass is 327 g/mol. The molecule has 1 aromatic carbocycles. The van der Waals surface area contributed by atoms with Gasteiger partial charge in [-0.05, 0) is 31.0 Å². The first-order valence-corrected chi connectivity index (χ1v) is 6.75. The number of carbonyl (C=O) groups excluding carboxylic acids is 1. The van der Waals surface area contributed by atoms with E-state index in [1.165, 1.54) is 12.1 Å². The summed E-state index contributed by atoms with van der Waals surface area (Å²) in [5.74, 6) is -0.00592. The number of hydrogen-bond acceptors (Lipinski definition) is 4. The van der Waals surface area contributed by atoms with Gasteiger partial charge in [0.2, 0.25) is 0 Å². The Hall–Kier alpha value is -1.47. The first-order valence-electron chi connectivity index (χ1n) is 5.96. The van der Waals surface area contributed by atoms with Crippen molar-refractivity contribution < 1.29 is 9.72 Å². The first kappa shape index (κ1) is 14.0. The van der Waals surface area contributed by atoms with Crippen LogP contribution in [0.5, 0.6) is 0 Å². The number of rotatable bonds is 3. The third-order valence-electron chi connectivity index (χ3n) is 3.29. The number of nitro groups is 1. The predicted molar refractivity (Wildman–Crippen MR) is 73.9 cm³/mol. The molecular weight excluding hydrogens is 314 g/mol. The lowest BCUT2D eigenvalue weighted by atomic mass is 10.1. The largest absolute Gasteiger partial charge is 0.338 e. The van der Waals surface area contributed by atoms with Crippen LogP contribution in [-0.2, 0) is 0 Å². The highest BCUT2D eigenvalue weighted by Gasteiger charge is 2.30. The molecule has 0 spiro atoms. The minimum atomic E-state index is -0.533. The summed E-state index contributed by atoms with van der Waals surface area (Å²) in [5.41, 5.74) is 5.54. The van der Waals surface area contributed by atoms with Crippen LogP contribution in [0.3, 0.4) is 0 Å². The molecule has 1 aliphatic heterocycles. The zero-order valence-electron chi connectivity index (χ0n) is 10.2. The van der Waals surface area contributed by atoms with Gasteiger partial charge in [-0.1, -0.05) is 15.9 Å². The van der Waals surface area contributed by atoms with Crippen molar-refractivity contribution in [2.45, 2.75) is 6.42 Å². The van der Waals surface area contributed by atoms with Crippen molar-refractivity contribution in [2.24, 2.45) is 11.7 Å². The molecule has 2 rings (SSSR count). The summed E-state index contributed by atoms with van der Waals surface area (Å²) >= 11 is 3.17. The topological polar surface area (TPSA) is 89.5 Å². The molecule has 0 aliphatic carbocycles. The van der Waals surface area contributed by atoms with E-state index in [-0.39, 0.29) is 17.2 Å². The third-order valence-corrected chi connectivity index (χ3v) is 3.79. The van der Waals surface area contributed by atoms with Crippen LogP contribution in [0.4, 0.5) is 5.69 Å². The van der Waals surface area contributed by atoms with Crippen LogP contribution in [0.2, 0.25) is 0 Å². The molecule has 19 heavy (non-hydrogen) atoms. The average Bonchev–Trinajstić information content (AvgIpc) is 2.86. The molecule has 0 saturated carbocycles. The number of likely N-dealkylation sites (tertiary alicyclic amines) is 1. The van der Waals surface area contributed by atoms with Gasteiger partial charge in [0.1, 0.15) is 5.56 Å². The van der Waals surface area contributed by atoms with Crippen LogP contribution in [0.1, 0.15) is 16.8 Å². The number of carbonyl (C=O) groups is 1. The van der Waals surface area contributed by atoms with Gasteiger partial charge in [-0.25, -0.2) is 0 Å². The van der Waals surface area contributed by atoms with Gasteiger partial charge in [-0.3, -0.25) is 14.9 Å². The Balaban J connectivity index is 2.27. The van der Waals surface area contributed by atoms with E-state index in [0.717, 1.165) is 6.42 Å². The van der Waals surface area contributed by atoms with Gasteiger partial charge in [-0.2, -0.15) is 0 Å². The predicted octanol–water partition coefficient (Wildman–Crippen LogP) is 1.78. The molecule has 1 atom stereocenters. The molecule has 1 unspecified atom stereocenters. The Kier molecular flexibility index (Phi) is 4.16. The number of nitro benzene ring substituents is 1. The van der Waals surface area contributed by atoms with E-state index in [0.29, 0.717) is 30.0 Å². The molecule has 1 aliphatic rings. The van der Waals surface area contributed by atoms with E-state index in [1.807, 2.05) is 0 Å². The molecule has 0 aromatic heterocycles. The second-order valence-corrected chi connectivity index (χ2v) is 5.48. The van der Waals surface area contributed by atoms with Gasteiger partial charge in [0.05, 0.1) is 4.92 Å². The molecule has 1 aromatic rings. The number of nitrogens with zero attached hydrogens (tertiary/aromatic N) is 2. The summed E-state index contributed by atoms with van der Waals surface area (Å²) in [6.45, 7) is 1.71. The highest BCUT2D eigenvalue weighted by atomic mass is 79.9. The second kappa shape index (κ2) is 5.66. The number of amides is 1. The maximum Gasteiger partial charge on any atom is 0.283 e. The molecule has 1 fully saturated rings. The number of hydrogen-bond donors (Lipinski definition) is 1. The molecule has 102 valence electrons. The smallest absolute Gasteiger partial charge is 0.283 e. The minimum absolute atomic E-state index is 0.130. The quantitative estimate of drug-likeness (QED) is 0.676. The fraction of sp³-hybridized carbons (Fsp3) is 0.417. The molecule has 1 saturated heterocycles. The van der Waals surface area contributed by atoms with Crippen molar-refractivity contribution in [1.29, 1.82) is 0 Å². The van der Waals surface area contributed by atoms with Crippen molar-refractivity contribution >= 4 is 27.5 Å². The van der Waals surface area contributed by atoms with Crippen molar-refractivity contribution in [2.75, 3.05) is 19.6 Å². The summed E-state index contributed by atoms with van der Waals surface area (Å²) in [5, 5.41) is 11.0. The van der Waals surface area contributed by atoms with Gasteiger partial charge in [0.25, 0.3) is 11.6 Å². The summed E-state index contributed by atoms with van der Waals surface area (Å²) in [4.78, 5) is 24.4. The van der Waals surface area contributed by atoms with Crippen LogP contribution < -0.4 is 5.73 Å². The fourth-order valence-corrected chi connectivity index (χ4v) is 2.57. The number of nitrogens with two attached hydrogens (primary N) is 1. The highest BCUT2D eigenvalue weighted by molar-refractivity contribution is 9.10. The Morgan fingerprint density at radius 1 is 1.58 bits per heavy atom. The molecule has 1 heterocycles. The number of halogens is 1. The van der Waals surface area contributed by atoms with Crippen molar-refractivity contribution in [1.82, 2.24) is 4.90 Å². The lowest BCUT2D eigenvalue weighted by Gasteiger charge is -2.16. The average molecular weight is 328 g/mol. The van der Waals surface area contributed by atoms with Crippen LogP contribution in [-0.4, -0.2) is 35.4 Å². The van der Waals surface area contributed by atoms with Crippen molar-refractivity contribution in [3.63, 3.8) is 0 Å². The van der Waals surface area contributed by atoms with Gasteiger partial charge < -0.3 is 10.6 Å². The molecule has 0 bridgehead atoms. The maximum absolute atomic E-state index is 12.3. The van der Waals surface area contributed by atoms with Crippen LogP contribution in [0.15, 0.2) is 22.7 Å². The summed E-state index contributed by atoms with van der Waals surface area (Å²) in [6.07, 6.45) is 0.854. The Bertz CT molecular complexity index is 521. The highest BCUT2D eigenvalue weighted by Crippen LogP contribution is 2.26. The van der Waals surface area contributed by atoms with Gasteiger partial charge in [0, 0.05) is 23.6 Å². The normalized spacial score (nSPS) is 18.6. The van der Waals surface area contributed by atoms with E-state index in [9.17, 15) is 14.9 Å². The van der Waals surface area contributed by atoms with Crippen LogP contribution in [0.25, 0.3) is 0 Å². The van der Waals surface area contributed by atoms with E-state index in [4.69, 9.17) is 5.73 Å². The van der Waals surface area contributed by atoms with E-state index in [1.54, 1.807) is 11.0 Å². The lowest BCUT2D eigenvalue weighted by Crippen LogP contribution is -2.30. The fourth-order valence-electron chi connectivity index (χ4n) is 2.22. The zero-order chi connectivity index (χ0) is 14.0. The molecule has 2 N–H and O–H groups in total. The van der Waals surface area contributed by atoms with Crippen molar-refractivity contribution in [3.05, 3.63) is 38.3 Å². The number of benzene rings is 1. The molecule has 6 nitrogen and oxygen atoms in total. The SMILES string of the molecule is NCC1CCN(C(=O)c2ccc(Br)cc2[N+](=O)[O-])C1. The third kappa shape index (κ3) is 2.93. The summed E-state index contributed by atoms with van der Waals surface area (Å²) < 4.78 is 0.581. The van der Waals surface area contributed by atoms with Gasteiger partial charge >= 0.3 is 0 Å². The minimum Gasteiger partial charge on any atom is -0.338 e. The van der Waals surface area contributed by atoms with Crippen molar-refractivity contribution in [3.8, 4) is 0 Å². The molecular formula is C12H14BrN3O3. The van der Waals surface area contributed by atoms with E-state index < -0.39 is 4.92 Å². The van der Waals surface area contributed by atoms with E-state index in [2.05, 4.69) is 15.9 Å². The molecule has 7 heteroatoms. The lowest BCUT2D eigenvalue weighted by molar-refractivity contribution is -0.385.